The van der Waals surface area contributed by atoms with Crippen LogP contribution in [0.1, 0.15) is 27.2 Å². The van der Waals surface area contributed by atoms with Gasteiger partial charge in [0.15, 0.2) is 11.6 Å². The summed E-state index contributed by atoms with van der Waals surface area (Å²) in [6.45, 7) is 7.55. The first kappa shape index (κ1) is 14.3. The van der Waals surface area contributed by atoms with E-state index in [4.69, 9.17) is 16.3 Å². The Morgan fingerprint density at radius 1 is 1.41 bits per heavy atom. The van der Waals surface area contributed by atoms with Gasteiger partial charge in [-0.15, -0.1) is 0 Å². The van der Waals surface area contributed by atoms with Crippen LogP contribution in [-0.4, -0.2) is 18.7 Å². The predicted molar refractivity (Wildman–Crippen MR) is 69.3 cm³/mol. The van der Waals surface area contributed by atoms with E-state index >= 15 is 0 Å². The average Bonchev–Trinajstić information content (AvgIpc) is 2.30. The fourth-order valence-electron chi connectivity index (χ4n) is 1.45. The Kier molecular flexibility index (Phi) is 5.22. The molecule has 0 aromatic heterocycles. The van der Waals surface area contributed by atoms with E-state index in [-0.39, 0.29) is 5.75 Å². The van der Waals surface area contributed by atoms with Gasteiger partial charge in [0.25, 0.3) is 0 Å². The molecular weight excluding hydrogens is 241 g/mol. The quantitative estimate of drug-likeness (QED) is 0.842. The minimum absolute atomic E-state index is 0.247. The molecule has 0 spiro atoms. The highest BCUT2D eigenvalue weighted by Gasteiger charge is 2.24. The van der Waals surface area contributed by atoms with Gasteiger partial charge in [-0.3, -0.25) is 0 Å². The average molecular weight is 260 g/mol. The van der Waals surface area contributed by atoms with E-state index in [0.717, 1.165) is 13.0 Å². The summed E-state index contributed by atoms with van der Waals surface area (Å²) in [4.78, 5) is 0. The molecule has 0 fully saturated rings. The summed E-state index contributed by atoms with van der Waals surface area (Å²) in [5, 5.41) is 3.59. The van der Waals surface area contributed by atoms with Crippen molar-refractivity contribution in [2.75, 3.05) is 13.1 Å². The predicted octanol–water partition coefficient (Wildman–Crippen LogP) is 3.64. The minimum Gasteiger partial charge on any atom is -0.483 e. The number of hydrogen-bond donors (Lipinski definition) is 1. The highest BCUT2D eigenvalue weighted by molar-refractivity contribution is 6.30. The summed E-state index contributed by atoms with van der Waals surface area (Å²) >= 11 is 5.70. The molecule has 1 N–H and O–H groups in total. The molecule has 96 valence electrons. The third kappa shape index (κ3) is 4.17. The van der Waals surface area contributed by atoms with Gasteiger partial charge in [0.1, 0.15) is 5.60 Å². The van der Waals surface area contributed by atoms with Crippen molar-refractivity contribution in [1.82, 2.24) is 5.32 Å². The van der Waals surface area contributed by atoms with Crippen LogP contribution in [0.15, 0.2) is 18.2 Å². The van der Waals surface area contributed by atoms with Gasteiger partial charge in [0.2, 0.25) is 0 Å². The number of halogens is 2. The number of hydrogen-bond acceptors (Lipinski definition) is 2. The van der Waals surface area contributed by atoms with Crippen LogP contribution in [0.5, 0.6) is 5.75 Å². The van der Waals surface area contributed by atoms with Crippen molar-refractivity contribution in [1.29, 1.82) is 0 Å². The number of ether oxygens (including phenoxy) is 1. The molecule has 1 atom stereocenters. The van der Waals surface area contributed by atoms with Crippen molar-refractivity contribution in [2.24, 2.45) is 0 Å². The molecule has 0 saturated carbocycles. The largest absolute Gasteiger partial charge is 0.483 e. The van der Waals surface area contributed by atoms with Crippen molar-refractivity contribution in [3.8, 4) is 5.75 Å². The van der Waals surface area contributed by atoms with Crippen molar-refractivity contribution in [3.05, 3.63) is 29.0 Å². The van der Waals surface area contributed by atoms with Crippen LogP contribution in [0.2, 0.25) is 5.02 Å². The lowest BCUT2D eigenvalue weighted by atomic mass is 10.0. The monoisotopic (exact) mass is 259 g/mol. The van der Waals surface area contributed by atoms with Crippen LogP contribution in [0.3, 0.4) is 0 Å². The molecule has 0 aliphatic heterocycles. The summed E-state index contributed by atoms with van der Waals surface area (Å²) in [6, 6.07) is 4.46. The second-order valence-corrected chi connectivity index (χ2v) is 4.70. The standard InChI is InChI=1S/C13H19ClFNO/c1-4-13(3,9-16-5-2)17-12-7-6-10(14)8-11(12)15/h6-8,16H,4-5,9H2,1-3H3. The first-order chi connectivity index (χ1) is 8.00. The Hall–Kier alpha value is -0.800. The van der Waals surface area contributed by atoms with Crippen LogP contribution in [0.25, 0.3) is 0 Å². The lowest BCUT2D eigenvalue weighted by Gasteiger charge is -2.30. The zero-order valence-electron chi connectivity index (χ0n) is 10.5. The molecule has 1 rings (SSSR count). The summed E-state index contributed by atoms with van der Waals surface area (Å²) < 4.78 is 19.4. The Labute approximate surface area is 107 Å². The Bertz CT molecular complexity index is 372. The second kappa shape index (κ2) is 6.22. The molecule has 1 unspecified atom stereocenters. The summed E-state index contributed by atoms with van der Waals surface area (Å²) in [5.41, 5.74) is -0.412. The molecule has 0 aliphatic rings. The van der Waals surface area contributed by atoms with Crippen LogP contribution in [0, 0.1) is 5.82 Å². The van der Waals surface area contributed by atoms with Crippen LogP contribution in [-0.2, 0) is 0 Å². The maximum atomic E-state index is 13.6. The normalized spacial score (nSPS) is 14.4. The molecule has 17 heavy (non-hydrogen) atoms. The summed E-state index contributed by atoms with van der Waals surface area (Å²) in [6.07, 6.45) is 0.794. The van der Waals surface area contributed by atoms with Crippen LogP contribution >= 0.6 is 11.6 Å². The first-order valence-corrected chi connectivity index (χ1v) is 6.23. The fraction of sp³-hybridized carbons (Fsp3) is 0.538. The van der Waals surface area contributed by atoms with Gasteiger partial charge in [0, 0.05) is 11.6 Å². The fourth-order valence-corrected chi connectivity index (χ4v) is 1.60. The third-order valence-electron chi connectivity index (χ3n) is 2.75. The van der Waals surface area contributed by atoms with Crippen molar-refractivity contribution in [3.63, 3.8) is 0 Å². The maximum absolute atomic E-state index is 13.6. The molecule has 2 nitrogen and oxygen atoms in total. The topological polar surface area (TPSA) is 21.3 Å². The molecular formula is C13H19ClFNO. The van der Waals surface area contributed by atoms with E-state index in [1.165, 1.54) is 6.07 Å². The molecule has 1 aromatic rings. The molecule has 0 amide bonds. The lowest BCUT2D eigenvalue weighted by molar-refractivity contribution is 0.0792. The van der Waals surface area contributed by atoms with Gasteiger partial charge in [0.05, 0.1) is 0 Å². The van der Waals surface area contributed by atoms with Gasteiger partial charge < -0.3 is 10.1 Å². The number of nitrogens with one attached hydrogen (secondary N) is 1. The highest BCUT2D eigenvalue weighted by atomic mass is 35.5. The molecule has 0 radical (unpaired) electrons. The zero-order chi connectivity index (χ0) is 12.9. The van der Waals surface area contributed by atoms with Gasteiger partial charge >= 0.3 is 0 Å². The minimum atomic E-state index is -0.423. The second-order valence-electron chi connectivity index (χ2n) is 4.26. The SMILES string of the molecule is CCNCC(C)(CC)Oc1ccc(Cl)cc1F. The van der Waals surface area contributed by atoms with Crippen molar-refractivity contribution in [2.45, 2.75) is 32.8 Å². The molecule has 0 heterocycles. The molecule has 4 heteroatoms. The van der Waals surface area contributed by atoms with E-state index in [0.29, 0.717) is 11.6 Å². The van der Waals surface area contributed by atoms with E-state index in [1.807, 2.05) is 20.8 Å². The van der Waals surface area contributed by atoms with Gasteiger partial charge in [-0.1, -0.05) is 25.4 Å². The van der Waals surface area contributed by atoms with E-state index in [9.17, 15) is 4.39 Å². The molecule has 1 aromatic carbocycles. The van der Waals surface area contributed by atoms with E-state index < -0.39 is 11.4 Å². The molecule has 0 saturated heterocycles. The van der Waals surface area contributed by atoms with Crippen molar-refractivity contribution < 1.29 is 9.13 Å². The Balaban J connectivity index is 2.79. The lowest BCUT2D eigenvalue weighted by Crippen LogP contribution is -2.42. The Morgan fingerprint density at radius 3 is 2.65 bits per heavy atom. The first-order valence-electron chi connectivity index (χ1n) is 5.85. The van der Waals surface area contributed by atoms with Gasteiger partial charge in [-0.25, -0.2) is 4.39 Å². The number of rotatable bonds is 6. The van der Waals surface area contributed by atoms with Crippen LogP contribution in [0.4, 0.5) is 4.39 Å². The van der Waals surface area contributed by atoms with Gasteiger partial charge in [-0.05, 0) is 38.1 Å². The van der Waals surface area contributed by atoms with Crippen molar-refractivity contribution >= 4 is 11.6 Å². The smallest absolute Gasteiger partial charge is 0.166 e. The third-order valence-corrected chi connectivity index (χ3v) is 2.98. The van der Waals surface area contributed by atoms with Crippen LogP contribution < -0.4 is 10.1 Å². The number of benzene rings is 1. The zero-order valence-corrected chi connectivity index (χ0v) is 11.3. The van der Waals surface area contributed by atoms with Gasteiger partial charge in [-0.2, -0.15) is 0 Å². The summed E-state index contributed by atoms with van der Waals surface area (Å²) in [7, 11) is 0. The molecule has 0 aliphatic carbocycles. The highest BCUT2D eigenvalue weighted by Crippen LogP contribution is 2.26. The maximum Gasteiger partial charge on any atom is 0.166 e. The summed E-state index contributed by atoms with van der Waals surface area (Å²) in [5.74, 6) is -0.176. The Morgan fingerprint density at radius 2 is 2.12 bits per heavy atom. The van der Waals surface area contributed by atoms with E-state index in [1.54, 1.807) is 12.1 Å². The van der Waals surface area contributed by atoms with E-state index in [2.05, 4.69) is 5.32 Å². The number of likely N-dealkylation sites (N-methyl/N-ethyl adjacent to an activating group) is 1. The molecule has 0 bridgehead atoms.